The summed E-state index contributed by atoms with van der Waals surface area (Å²) >= 11 is 0. The van der Waals surface area contributed by atoms with Crippen LogP contribution in [0.25, 0.3) is 11.1 Å². The van der Waals surface area contributed by atoms with E-state index in [1.165, 1.54) is 7.11 Å². The van der Waals surface area contributed by atoms with Crippen molar-refractivity contribution in [1.29, 1.82) is 0 Å². The topological polar surface area (TPSA) is 91.8 Å². The molecule has 0 atom stereocenters. The predicted octanol–water partition coefficient (Wildman–Crippen LogP) is 3.27. The maximum atomic E-state index is 12.9. The Labute approximate surface area is 158 Å². The standard InChI is InChI=1S/C20H21NO5S/c1-24-18-4-2-3-5-20(18)27(22,23)14-15-6-7-17(16-8-10-25-13-16)19(12-15)26-11-9-21/h2-8,10,12-13H,9,11,14,21H2,1H3. The van der Waals surface area contributed by atoms with E-state index in [-0.39, 0.29) is 10.6 Å². The Balaban J connectivity index is 1.95. The average Bonchev–Trinajstić information content (AvgIpc) is 3.20. The molecular formula is C20H21NO5S. The van der Waals surface area contributed by atoms with Crippen molar-refractivity contribution in [2.75, 3.05) is 20.3 Å². The van der Waals surface area contributed by atoms with Crippen LogP contribution in [0.15, 0.2) is 70.4 Å². The first-order valence-electron chi connectivity index (χ1n) is 8.39. The summed E-state index contributed by atoms with van der Waals surface area (Å²) in [5.41, 5.74) is 7.81. The molecule has 27 heavy (non-hydrogen) atoms. The summed E-state index contributed by atoms with van der Waals surface area (Å²) in [5, 5.41) is 0. The predicted molar refractivity (Wildman–Crippen MR) is 103 cm³/mol. The number of hydrogen-bond acceptors (Lipinski definition) is 6. The molecule has 6 nitrogen and oxygen atoms in total. The van der Waals surface area contributed by atoms with Crippen molar-refractivity contribution in [2.24, 2.45) is 5.73 Å². The lowest BCUT2D eigenvalue weighted by molar-refractivity contribution is 0.329. The van der Waals surface area contributed by atoms with Gasteiger partial charge in [0.1, 0.15) is 23.0 Å². The van der Waals surface area contributed by atoms with Gasteiger partial charge in [0, 0.05) is 17.7 Å². The van der Waals surface area contributed by atoms with Gasteiger partial charge in [-0.05, 0) is 29.8 Å². The molecule has 0 radical (unpaired) electrons. The Bertz CT molecular complexity index is 997. The first kappa shape index (κ1) is 19.0. The number of ether oxygens (including phenoxy) is 2. The summed E-state index contributed by atoms with van der Waals surface area (Å²) in [6.45, 7) is 0.683. The Morgan fingerprint density at radius 2 is 1.89 bits per heavy atom. The highest BCUT2D eigenvalue weighted by Crippen LogP contribution is 2.33. The molecule has 3 rings (SSSR count). The highest BCUT2D eigenvalue weighted by Gasteiger charge is 2.21. The number of rotatable bonds is 8. The minimum Gasteiger partial charge on any atom is -0.495 e. The molecule has 0 unspecified atom stereocenters. The molecule has 0 aliphatic heterocycles. The van der Waals surface area contributed by atoms with E-state index in [0.29, 0.717) is 30.2 Å². The molecule has 0 fully saturated rings. The van der Waals surface area contributed by atoms with Crippen molar-refractivity contribution in [1.82, 2.24) is 0 Å². The van der Waals surface area contributed by atoms with Crippen LogP contribution in [0.1, 0.15) is 5.56 Å². The van der Waals surface area contributed by atoms with E-state index in [4.69, 9.17) is 19.6 Å². The Kier molecular flexibility index (Phi) is 5.83. The average molecular weight is 387 g/mol. The molecule has 0 bridgehead atoms. The zero-order chi connectivity index (χ0) is 19.3. The van der Waals surface area contributed by atoms with Crippen LogP contribution in [0.4, 0.5) is 0 Å². The Hall–Kier alpha value is -2.77. The van der Waals surface area contributed by atoms with Crippen molar-refractivity contribution < 1.29 is 22.3 Å². The SMILES string of the molecule is COc1ccccc1S(=O)(=O)Cc1ccc(-c2ccoc2)c(OCCN)c1. The van der Waals surface area contributed by atoms with Crippen LogP contribution < -0.4 is 15.2 Å². The second-order valence-corrected chi connectivity index (χ2v) is 7.85. The molecule has 2 aromatic carbocycles. The lowest BCUT2D eigenvalue weighted by Gasteiger charge is -2.13. The number of benzene rings is 2. The van der Waals surface area contributed by atoms with Gasteiger partial charge in [0.25, 0.3) is 0 Å². The van der Waals surface area contributed by atoms with Gasteiger partial charge >= 0.3 is 0 Å². The largest absolute Gasteiger partial charge is 0.495 e. The maximum absolute atomic E-state index is 12.9. The molecule has 0 aliphatic carbocycles. The molecule has 0 saturated carbocycles. The third kappa shape index (κ3) is 4.32. The number of hydrogen-bond donors (Lipinski definition) is 1. The van der Waals surface area contributed by atoms with E-state index in [1.54, 1.807) is 48.9 Å². The number of sulfone groups is 1. The first-order valence-corrected chi connectivity index (χ1v) is 10.0. The molecule has 142 valence electrons. The summed E-state index contributed by atoms with van der Waals surface area (Å²) in [6.07, 6.45) is 3.18. The molecule has 3 aromatic rings. The molecule has 1 aromatic heterocycles. The smallest absolute Gasteiger partial charge is 0.186 e. The summed E-state index contributed by atoms with van der Waals surface area (Å²) in [4.78, 5) is 0.163. The van der Waals surface area contributed by atoms with Gasteiger partial charge in [-0.1, -0.05) is 24.3 Å². The Morgan fingerprint density at radius 1 is 1.07 bits per heavy atom. The number of furan rings is 1. The van der Waals surface area contributed by atoms with Gasteiger partial charge in [-0.15, -0.1) is 0 Å². The number of para-hydroxylation sites is 1. The second-order valence-electron chi connectivity index (χ2n) is 5.89. The monoisotopic (exact) mass is 387 g/mol. The number of methoxy groups -OCH3 is 1. The third-order valence-corrected chi connectivity index (χ3v) is 5.74. The van der Waals surface area contributed by atoms with Crippen LogP contribution in [-0.4, -0.2) is 28.7 Å². The molecule has 7 heteroatoms. The zero-order valence-electron chi connectivity index (χ0n) is 14.9. The normalized spacial score (nSPS) is 11.3. The highest BCUT2D eigenvalue weighted by molar-refractivity contribution is 7.90. The van der Waals surface area contributed by atoms with E-state index in [9.17, 15) is 8.42 Å². The maximum Gasteiger partial charge on any atom is 0.186 e. The van der Waals surface area contributed by atoms with E-state index in [1.807, 2.05) is 12.1 Å². The number of nitrogens with two attached hydrogens (primary N) is 1. The van der Waals surface area contributed by atoms with Gasteiger partial charge in [-0.3, -0.25) is 0 Å². The van der Waals surface area contributed by atoms with Crippen LogP contribution >= 0.6 is 0 Å². The van der Waals surface area contributed by atoms with Gasteiger partial charge in [-0.2, -0.15) is 0 Å². The Morgan fingerprint density at radius 3 is 2.59 bits per heavy atom. The van der Waals surface area contributed by atoms with Crippen molar-refractivity contribution in [3.8, 4) is 22.6 Å². The van der Waals surface area contributed by atoms with Gasteiger partial charge in [0.05, 0.1) is 25.4 Å². The van der Waals surface area contributed by atoms with Crippen molar-refractivity contribution in [2.45, 2.75) is 10.6 Å². The molecular weight excluding hydrogens is 366 g/mol. The van der Waals surface area contributed by atoms with Crippen LogP contribution in [-0.2, 0) is 15.6 Å². The van der Waals surface area contributed by atoms with Gasteiger partial charge in [0.15, 0.2) is 9.84 Å². The van der Waals surface area contributed by atoms with Gasteiger partial charge in [-0.25, -0.2) is 8.42 Å². The molecule has 2 N–H and O–H groups in total. The molecule has 0 amide bonds. The molecule has 0 aliphatic rings. The quantitative estimate of drug-likeness (QED) is 0.638. The van der Waals surface area contributed by atoms with E-state index >= 15 is 0 Å². The van der Waals surface area contributed by atoms with E-state index < -0.39 is 9.84 Å². The van der Waals surface area contributed by atoms with Crippen LogP contribution in [0.5, 0.6) is 11.5 Å². The summed E-state index contributed by atoms with van der Waals surface area (Å²) in [7, 11) is -2.13. The van der Waals surface area contributed by atoms with Crippen LogP contribution in [0.3, 0.4) is 0 Å². The minimum atomic E-state index is -3.58. The zero-order valence-corrected chi connectivity index (χ0v) is 15.7. The third-order valence-electron chi connectivity index (χ3n) is 4.01. The van der Waals surface area contributed by atoms with Gasteiger partial charge in [0.2, 0.25) is 0 Å². The van der Waals surface area contributed by atoms with Crippen LogP contribution in [0, 0.1) is 0 Å². The lowest BCUT2D eigenvalue weighted by Crippen LogP contribution is -2.11. The summed E-state index contributed by atoms with van der Waals surface area (Å²) in [5.74, 6) is 0.722. The first-order chi connectivity index (χ1) is 13.0. The van der Waals surface area contributed by atoms with Crippen molar-refractivity contribution in [3.05, 3.63) is 66.6 Å². The fourth-order valence-electron chi connectivity index (χ4n) is 2.77. The van der Waals surface area contributed by atoms with Gasteiger partial charge < -0.3 is 19.6 Å². The highest BCUT2D eigenvalue weighted by atomic mass is 32.2. The minimum absolute atomic E-state index is 0.163. The van der Waals surface area contributed by atoms with Crippen molar-refractivity contribution >= 4 is 9.84 Å². The summed E-state index contributed by atoms with van der Waals surface area (Å²) in [6, 6.07) is 13.7. The van der Waals surface area contributed by atoms with E-state index in [0.717, 1.165) is 11.1 Å². The fourth-order valence-corrected chi connectivity index (χ4v) is 4.29. The van der Waals surface area contributed by atoms with E-state index in [2.05, 4.69) is 0 Å². The lowest BCUT2D eigenvalue weighted by atomic mass is 10.1. The van der Waals surface area contributed by atoms with Crippen molar-refractivity contribution in [3.63, 3.8) is 0 Å². The summed E-state index contributed by atoms with van der Waals surface area (Å²) < 4.78 is 41.8. The molecule has 0 spiro atoms. The molecule has 1 heterocycles. The fraction of sp³-hybridized carbons (Fsp3) is 0.200. The second kappa shape index (κ2) is 8.28. The van der Waals surface area contributed by atoms with Crippen LogP contribution in [0.2, 0.25) is 0 Å². The molecule has 0 saturated heterocycles.